The van der Waals surface area contributed by atoms with Crippen molar-refractivity contribution >= 4 is 15.7 Å². The van der Waals surface area contributed by atoms with Crippen LogP contribution in [0.1, 0.15) is 25.3 Å². The average molecular weight is 360 g/mol. The molecule has 1 N–H and O–H groups in total. The molecule has 8 heteroatoms. The van der Waals surface area contributed by atoms with E-state index in [1.165, 1.54) is 11.0 Å². The second-order valence-electron chi connectivity index (χ2n) is 6.04. The molecule has 2 rings (SSSR count). The third kappa shape index (κ3) is 3.44. The molecule has 1 saturated heterocycles. The molecule has 1 amide bonds. The number of rotatable bonds is 5. The van der Waals surface area contributed by atoms with E-state index in [1.807, 2.05) is 0 Å². The molecule has 0 saturated carbocycles. The number of halogens is 2. The second-order valence-corrected chi connectivity index (χ2v) is 8.36. The quantitative estimate of drug-likeness (QED) is 0.864. The third-order valence-electron chi connectivity index (χ3n) is 4.59. The van der Waals surface area contributed by atoms with Crippen molar-refractivity contribution in [1.82, 2.24) is 10.2 Å². The van der Waals surface area contributed by atoms with Crippen molar-refractivity contribution in [2.24, 2.45) is 0 Å². The van der Waals surface area contributed by atoms with Gasteiger partial charge in [-0.05, 0) is 45.0 Å². The molecule has 0 atom stereocenters. The monoisotopic (exact) mass is 360 g/mol. The van der Waals surface area contributed by atoms with Crippen LogP contribution in [0.25, 0.3) is 0 Å². The number of carbonyl (C=O) groups excluding carboxylic acids is 1. The fraction of sp³-hybridized carbons (Fsp3) is 0.562. The van der Waals surface area contributed by atoms with Gasteiger partial charge in [-0.2, -0.15) is 0 Å². The summed E-state index contributed by atoms with van der Waals surface area (Å²) in [5, 5.41) is 3.04. The highest BCUT2D eigenvalue weighted by molar-refractivity contribution is 7.92. The van der Waals surface area contributed by atoms with Crippen LogP contribution in [0.2, 0.25) is 0 Å². The van der Waals surface area contributed by atoms with Gasteiger partial charge in [0, 0.05) is 18.4 Å². The Morgan fingerprint density at radius 2 is 1.79 bits per heavy atom. The Bertz CT molecular complexity index is 696. The summed E-state index contributed by atoms with van der Waals surface area (Å²) in [7, 11) is -3.67. The number of nitrogens with one attached hydrogen (secondary N) is 1. The Morgan fingerprint density at radius 3 is 2.25 bits per heavy atom. The molecule has 0 radical (unpaired) electrons. The van der Waals surface area contributed by atoms with Crippen molar-refractivity contribution in [1.29, 1.82) is 0 Å². The van der Waals surface area contributed by atoms with Crippen LogP contribution in [-0.2, 0) is 21.2 Å². The van der Waals surface area contributed by atoms with Gasteiger partial charge in [-0.1, -0.05) is 6.07 Å². The van der Waals surface area contributed by atoms with Gasteiger partial charge in [-0.15, -0.1) is 0 Å². The van der Waals surface area contributed by atoms with Crippen LogP contribution in [0.4, 0.5) is 8.78 Å². The highest BCUT2D eigenvalue weighted by Crippen LogP contribution is 2.31. The topological polar surface area (TPSA) is 66.5 Å². The van der Waals surface area contributed by atoms with Crippen LogP contribution < -0.4 is 5.32 Å². The summed E-state index contributed by atoms with van der Waals surface area (Å²) < 4.78 is 50.9. The molecular weight excluding hydrogens is 338 g/mol. The zero-order valence-corrected chi connectivity index (χ0v) is 14.6. The van der Waals surface area contributed by atoms with Crippen LogP contribution in [0, 0.1) is 11.6 Å². The Labute approximate surface area is 141 Å². The van der Waals surface area contributed by atoms with E-state index in [9.17, 15) is 22.0 Å². The summed E-state index contributed by atoms with van der Waals surface area (Å²) in [5.74, 6) is -2.09. The van der Waals surface area contributed by atoms with E-state index >= 15 is 0 Å². The zero-order valence-electron chi connectivity index (χ0n) is 13.8. The lowest BCUT2D eigenvalue weighted by atomic mass is 9.94. The summed E-state index contributed by atoms with van der Waals surface area (Å²) in [6.45, 7) is 2.35. The number of sulfone groups is 1. The molecule has 1 aromatic rings. The Balaban J connectivity index is 2.36. The molecule has 1 heterocycles. The van der Waals surface area contributed by atoms with Crippen LogP contribution >= 0.6 is 0 Å². The smallest absolute Gasteiger partial charge is 0.244 e. The largest absolute Gasteiger partial charge is 0.337 e. The van der Waals surface area contributed by atoms with Gasteiger partial charge < -0.3 is 10.2 Å². The van der Waals surface area contributed by atoms with Crippen LogP contribution in [0.3, 0.4) is 0 Å². The Morgan fingerprint density at radius 1 is 1.25 bits per heavy atom. The predicted octanol–water partition coefficient (Wildman–Crippen LogP) is 1.48. The van der Waals surface area contributed by atoms with E-state index in [0.29, 0.717) is 13.1 Å². The maximum Gasteiger partial charge on any atom is 0.244 e. The molecule has 0 spiro atoms. The lowest BCUT2D eigenvalue weighted by Gasteiger charge is -2.38. The first-order valence-corrected chi connectivity index (χ1v) is 9.74. The summed E-state index contributed by atoms with van der Waals surface area (Å²) in [6, 6.07) is 3.48. The van der Waals surface area contributed by atoms with Gasteiger partial charge in [0.25, 0.3) is 0 Å². The van der Waals surface area contributed by atoms with E-state index in [2.05, 4.69) is 5.32 Å². The molecular formula is C16H22F2N2O3S. The van der Waals surface area contributed by atoms with Gasteiger partial charge in [-0.3, -0.25) is 4.79 Å². The van der Waals surface area contributed by atoms with Gasteiger partial charge >= 0.3 is 0 Å². The van der Waals surface area contributed by atoms with Crippen molar-refractivity contribution in [2.75, 3.05) is 25.9 Å². The molecule has 1 aliphatic heterocycles. The summed E-state index contributed by atoms with van der Waals surface area (Å²) in [6.07, 6.45) is 1.36. The number of piperidine rings is 1. The van der Waals surface area contributed by atoms with E-state index in [-0.39, 0.29) is 31.5 Å². The zero-order chi connectivity index (χ0) is 18.0. The van der Waals surface area contributed by atoms with Crippen molar-refractivity contribution in [3.8, 4) is 0 Å². The van der Waals surface area contributed by atoms with E-state index in [4.69, 9.17) is 0 Å². The van der Waals surface area contributed by atoms with Crippen molar-refractivity contribution < 1.29 is 22.0 Å². The molecule has 0 aliphatic carbocycles. The van der Waals surface area contributed by atoms with Crippen LogP contribution in [-0.4, -0.2) is 49.9 Å². The molecule has 0 aromatic heterocycles. The van der Waals surface area contributed by atoms with Crippen LogP contribution in [0.15, 0.2) is 18.2 Å². The van der Waals surface area contributed by atoms with E-state index < -0.39 is 32.1 Å². The van der Waals surface area contributed by atoms with Crippen molar-refractivity contribution in [3.63, 3.8) is 0 Å². The SMILES string of the molecule is CCN(Cc1c(F)cccc1F)C(=O)C1(S(C)(=O)=O)CCNCC1. The lowest BCUT2D eigenvalue weighted by molar-refractivity contribution is -0.135. The predicted molar refractivity (Wildman–Crippen MR) is 87.1 cm³/mol. The molecule has 5 nitrogen and oxygen atoms in total. The average Bonchev–Trinajstić information content (AvgIpc) is 2.54. The Hall–Kier alpha value is -1.54. The van der Waals surface area contributed by atoms with Gasteiger partial charge in [0.1, 0.15) is 11.6 Å². The second kappa shape index (κ2) is 7.14. The van der Waals surface area contributed by atoms with Crippen molar-refractivity contribution in [2.45, 2.75) is 31.1 Å². The van der Waals surface area contributed by atoms with Crippen molar-refractivity contribution in [3.05, 3.63) is 35.4 Å². The summed E-state index contributed by atoms with van der Waals surface area (Å²) >= 11 is 0. The molecule has 0 unspecified atom stereocenters. The molecule has 1 aliphatic rings. The number of hydrogen-bond acceptors (Lipinski definition) is 4. The summed E-state index contributed by atoms with van der Waals surface area (Å²) in [4.78, 5) is 14.2. The highest BCUT2D eigenvalue weighted by Gasteiger charge is 2.50. The van der Waals surface area contributed by atoms with Gasteiger partial charge in [0.15, 0.2) is 14.6 Å². The lowest BCUT2D eigenvalue weighted by Crippen LogP contribution is -2.58. The third-order valence-corrected chi connectivity index (χ3v) is 6.59. The van der Waals surface area contributed by atoms with Gasteiger partial charge in [0.2, 0.25) is 5.91 Å². The van der Waals surface area contributed by atoms with E-state index in [1.54, 1.807) is 6.92 Å². The first-order valence-electron chi connectivity index (χ1n) is 7.85. The number of carbonyl (C=O) groups is 1. The minimum atomic E-state index is -3.67. The molecule has 0 bridgehead atoms. The molecule has 1 aromatic carbocycles. The van der Waals surface area contributed by atoms with E-state index in [0.717, 1.165) is 18.4 Å². The fourth-order valence-corrected chi connectivity index (χ4v) is 4.46. The maximum atomic E-state index is 13.9. The van der Waals surface area contributed by atoms with Crippen LogP contribution in [0.5, 0.6) is 0 Å². The first kappa shape index (κ1) is 18.8. The standard InChI is InChI=1S/C16H22F2N2O3S/c1-3-20(11-12-13(17)5-4-6-14(12)18)15(21)16(24(2,22)23)7-9-19-10-8-16/h4-6,19H,3,7-11H2,1-2H3. The molecule has 24 heavy (non-hydrogen) atoms. The summed E-state index contributed by atoms with van der Waals surface area (Å²) in [5.41, 5.74) is -0.231. The molecule has 134 valence electrons. The minimum Gasteiger partial charge on any atom is -0.337 e. The Kier molecular flexibility index (Phi) is 5.59. The normalized spacial score (nSPS) is 17.5. The fourth-order valence-electron chi connectivity index (χ4n) is 3.06. The number of hydrogen-bond donors (Lipinski definition) is 1. The first-order chi connectivity index (χ1) is 11.2. The minimum absolute atomic E-state index is 0.154. The van der Waals surface area contributed by atoms with Gasteiger partial charge in [0.05, 0.1) is 6.54 Å². The highest BCUT2D eigenvalue weighted by atomic mass is 32.2. The van der Waals surface area contributed by atoms with Gasteiger partial charge in [-0.25, -0.2) is 17.2 Å². The molecule has 1 fully saturated rings. The maximum absolute atomic E-state index is 13.9. The number of nitrogens with zero attached hydrogens (tertiary/aromatic N) is 1. The number of amides is 1. The number of benzene rings is 1.